The van der Waals surface area contributed by atoms with E-state index in [9.17, 15) is 8.42 Å². The highest BCUT2D eigenvalue weighted by molar-refractivity contribution is 7.92. The lowest BCUT2D eigenvalue weighted by molar-refractivity contribution is 0.598. The van der Waals surface area contributed by atoms with Gasteiger partial charge in [-0.25, -0.2) is 8.42 Å². The smallest absolute Gasteiger partial charge is 0.232 e. The molecule has 78 valence electrons. The number of hydrogen-bond acceptors (Lipinski definition) is 3. The van der Waals surface area contributed by atoms with E-state index < -0.39 is 10.0 Å². The summed E-state index contributed by atoms with van der Waals surface area (Å²) in [5, 5.41) is 0. The number of sulfonamides is 1. The molecule has 4 nitrogen and oxygen atoms in total. The molecular formula is C9H14N2O2S. The third-order valence-electron chi connectivity index (χ3n) is 1.89. The van der Waals surface area contributed by atoms with Crippen molar-refractivity contribution >= 4 is 21.4 Å². The number of nitrogens with two attached hydrogens (primary N) is 1. The second-order valence-electron chi connectivity index (χ2n) is 2.99. The molecule has 0 fully saturated rings. The Morgan fingerprint density at radius 1 is 1.36 bits per heavy atom. The average molecular weight is 214 g/mol. The van der Waals surface area contributed by atoms with Crippen molar-refractivity contribution in [3.05, 3.63) is 24.3 Å². The van der Waals surface area contributed by atoms with Crippen molar-refractivity contribution in [2.75, 3.05) is 22.8 Å². The van der Waals surface area contributed by atoms with Crippen LogP contribution in [0, 0.1) is 0 Å². The number of anilines is 2. The Labute approximate surface area is 84.4 Å². The summed E-state index contributed by atoms with van der Waals surface area (Å²) in [5.74, 6) is 0. The predicted octanol–water partition coefficient (Wildman–Crippen LogP) is 1.05. The molecule has 0 aliphatic rings. The first kappa shape index (κ1) is 10.8. The lowest BCUT2D eigenvalue weighted by atomic mass is 10.3. The molecule has 0 spiro atoms. The summed E-state index contributed by atoms with van der Waals surface area (Å²) in [6, 6.07) is 6.91. The SMILES string of the molecule is CCN(c1ccccc1N)S(C)(=O)=O. The number of rotatable bonds is 3. The normalized spacial score (nSPS) is 11.3. The van der Waals surface area contributed by atoms with Crippen LogP contribution < -0.4 is 10.0 Å². The van der Waals surface area contributed by atoms with Crippen LogP contribution in [0.3, 0.4) is 0 Å². The van der Waals surface area contributed by atoms with Crippen molar-refractivity contribution in [1.82, 2.24) is 0 Å². The maximum Gasteiger partial charge on any atom is 0.232 e. The molecule has 0 amide bonds. The summed E-state index contributed by atoms with van der Waals surface area (Å²) >= 11 is 0. The molecule has 0 saturated carbocycles. The lowest BCUT2D eigenvalue weighted by Gasteiger charge is -2.21. The Bertz CT molecular complexity index is 415. The van der Waals surface area contributed by atoms with Crippen LogP contribution in [0.25, 0.3) is 0 Å². The van der Waals surface area contributed by atoms with Gasteiger partial charge in [0, 0.05) is 6.54 Å². The van der Waals surface area contributed by atoms with Gasteiger partial charge in [-0.2, -0.15) is 0 Å². The highest BCUT2D eigenvalue weighted by Crippen LogP contribution is 2.23. The van der Waals surface area contributed by atoms with Gasteiger partial charge in [-0.15, -0.1) is 0 Å². The van der Waals surface area contributed by atoms with Gasteiger partial charge in [0.25, 0.3) is 0 Å². The van der Waals surface area contributed by atoms with Crippen LogP contribution in [0.5, 0.6) is 0 Å². The average Bonchev–Trinajstić information content (AvgIpc) is 2.07. The Balaban J connectivity index is 3.21. The molecule has 0 aliphatic heterocycles. The largest absolute Gasteiger partial charge is 0.397 e. The molecule has 1 aromatic carbocycles. The first-order valence-electron chi connectivity index (χ1n) is 4.29. The Kier molecular flexibility index (Phi) is 3.00. The Morgan fingerprint density at radius 2 is 1.93 bits per heavy atom. The van der Waals surface area contributed by atoms with Crippen LogP contribution >= 0.6 is 0 Å². The van der Waals surface area contributed by atoms with E-state index in [2.05, 4.69) is 0 Å². The summed E-state index contributed by atoms with van der Waals surface area (Å²) in [5.41, 5.74) is 6.70. The third kappa shape index (κ3) is 2.17. The van der Waals surface area contributed by atoms with Crippen LogP contribution in [0.1, 0.15) is 6.92 Å². The van der Waals surface area contributed by atoms with Crippen LogP contribution in [-0.2, 0) is 10.0 Å². The number of para-hydroxylation sites is 2. The quantitative estimate of drug-likeness (QED) is 0.765. The van der Waals surface area contributed by atoms with Gasteiger partial charge >= 0.3 is 0 Å². The molecule has 0 atom stereocenters. The zero-order valence-electron chi connectivity index (χ0n) is 8.27. The highest BCUT2D eigenvalue weighted by atomic mass is 32.2. The summed E-state index contributed by atoms with van der Waals surface area (Å²) in [6.07, 6.45) is 1.17. The second kappa shape index (κ2) is 3.88. The molecule has 2 N–H and O–H groups in total. The number of hydrogen-bond donors (Lipinski definition) is 1. The van der Waals surface area contributed by atoms with Crippen molar-refractivity contribution in [2.24, 2.45) is 0 Å². The van der Waals surface area contributed by atoms with Gasteiger partial charge in [0.2, 0.25) is 10.0 Å². The molecule has 0 aliphatic carbocycles. The molecule has 1 aromatic rings. The van der Waals surface area contributed by atoms with Crippen molar-refractivity contribution < 1.29 is 8.42 Å². The molecule has 1 rings (SSSR count). The van der Waals surface area contributed by atoms with Gasteiger partial charge in [-0.1, -0.05) is 12.1 Å². The zero-order valence-corrected chi connectivity index (χ0v) is 9.08. The summed E-state index contributed by atoms with van der Waals surface area (Å²) in [6.45, 7) is 2.15. The molecule has 14 heavy (non-hydrogen) atoms. The number of nitrogens with zero attached hydrogens (tertiary/aromatic N) is 1. The minimum atomic E-state index is -3.24. The molecular weight excluding hydrogens is 200 g/mol. The van der Waals surface area contributed by atoms with E-state index in [4.69, 9.17) is 5.73 Å². The van der Waals surface area contributed by atoms with E-state index in [0.717, 1.165) is 0 Å². The van der Waals surface area contributed by atoms with Crippen molar-refractivity contribution in [3.63, 3.8) is 0 Å². The maximum atomic E-state index is 11.4. The fourth-order valence-corrected chi connectivity index (χ4v) is 2.29. The first-order chi connectivity index (χ1) is 6.46. The van der Waals surface area contributed by atoms with Crippen LogP contribution in [0.4, 0.5) is 11.4 Å². The molecule has 0 saturated heterocycles. The van der Waals surface area contributed by atoms with Gasteiger partial charge < -0.3 is 5.73 Å². The minimum Gasteiger partial charge on any atom is -0.397 e. The number of benzene rings is 1. The van der Waals surface area contributed by atoms with Gasteiger partial charge in [-0.3, -0.25) is 4.31 Å². The molecule has 0 unspecified atom stereocenters. The van der Waals surface area contributed by atoms with Crippen LogP contribution in [-0.4, -0.2) is 21.2 Å². The van der Waals surface area contributed by atoms with Crippen molar-refractivity contribution in [1.29, 1.82) is 0 Å². The summed E-state index contributed by atoms with van der Waals surface area (Å²) in [4.78, 5) is 0. The summed E-state index contributed by atoms with van der Waals surface area (Å²) < 4.78 is 24.1. The Morgan fingerprint density at radius 3 is 2.36 bits per heavy atom. The van der Waals surface area contributed by atoms with E-state index in [-0.39, 0.29) is 0 Å². The second-order valence-corrected chi connectivity index (χ2v) is 4.89. The minimum absolute atomic E-state index is 0.382. The standard InChI is InChI=1S/C9H14N2O2S/c1-3-11(14(2,12)13)9-7-5-4-6-8(9)10/h4-7H,3,10H2,1-2H3. The zero-order chi connectivity index (χ0) is 10.8. The van der Waals surface area contributed by atoms with Crippen molar-refractivity contribution in [2.45, 2.75) is 6.92 Å². The van der Waals surface area contributed by atoms with Crippen LogP contribution in [0.15, 0.2) is 24.3 Å². The van der Waals surface area contributed by atoms with E-state index in [1.54, 1.807) is 31.2 Å². The highest BCUT2D eigenvalue weighted by Gasteiger charge is 2.16. The number of nitrogen functional groups attached to an aromatic ring is 1. The van der Waals surface area contributed by atoms with Gasteiger partial charge in [0.05, 0.1) is 17.6 Å². The molecule has 0 radical (unpaired) electrons. The Hall–Kier alpha value is -1.23. The fourth-order valence-electron chi connectivity index (χ4n) is 1.30. The van der Waals surface area contributed by atoms with E-state index in [1.165, 1.54) is 10.6 Å². The molecule has 0 aromatic heterocycles. The third-order valence-corrected chi connectivity index (χ3v) is 3.15. The van der Waals surface area contributed by atoms with Gasteiger partial charge in [-0.05, 0) is 19.1 Å². The summed E-state index contributed by atoms with van der Waals surface area (Å²) in [7, 11) is -3.24. The van der Waals surface area contributed by atoms with E-state index in [1.807, 2.05) is 0 Å². The first-order valence-corrected chi connectivity index (χ1v) is 6.14. The lowest BCUT2D eigenvalue weighted by Crippen LogP contribution is -2.30. The molecule has 5 heteroatoms. The van der Waals surface area contributed by atoms with Gasteiger partial charge in [0.15, 0.2) is 0 Å². The van der Waals surface area contributed by atoms with Gasteiger partial charge in [0.1, 0.15) is 0 Å². The topological polar surface area (TPSA) is 63.4 Å². The fraction of sp³-hybridized carbons (Fsp3) is 0.333. The molecule has 0 heterocycles. The van der Waals surface area contributed by atoms with Crippen molar-refractivity contribution in [3.8, 4) is 0 Å². The van der Waals surface area contributed by atoms with E-state index >= 15 is 0 Å². The monoisotopic (exact) mass is 214 g/mol. The maximum absolute atomic E-state index is 11.4. The molecule has 0 bridgehead atoms. The van der Waals surface area contributed by atoms with E-state index in [0.29, 0.717) is 17.9 Å². The predicted molar refractivity (Wildman–Crippen MR) is 58.7 cm³/mol. The van der Waals surface area contributed by atoms with Crippen LogP contribution in [0.2, 0.25) is 0 Å².